The van der Waals surface area contributed by atoms with Crippen LogP contribution >= 0.6 is 0 Å². The number of benzene rings is 1. The summed E-state index contributed by atoms with van der Waals surface area (Å²) in [7, 11) is -6.19. The first-order valence-electron chi connectivity index (χ1n) is 13.8. The molecule has 3 rings (SSSR count). The molecular weight excluding hydrogens is 597 g/mol. The van der Waals surface area contributed by atoms with Gasteiger partial charge in [0.2, 0.25) is 11.5 Å². The van der Waals surface area contributed by atoms with Crippen LogP contribution in [0, 0.1) is 6.92 Å². The molecule has 0 bridgehead atoms. The molecule has 2 aliphatic rings. The van der Waals surface area contributed by atoms with Crippen molar-refractivity contribution in [1.29, 1.82) is 0 Å². The van der Waals surface area contributed by atoms with Gasteiger partial charge in [0.15, 0.2) is 11.5 Å². The molecule has 0 N–H and O–H groups in total. The van der Waals surface area contributed by atoms with E-state index in [4.69, 9.17) is 22.5 Å². The Labute approximate surface area is 252 Å². The molecule has 0 aromatic heterocycles. The molecule has 2 heterocycles. The number of ether oxygens (including phenoxy) is 2. The molecule has 0 radical (unpaired) electrons. The van der Waals surface area contributed by atoms with Gasteiger partial charge < -0.3 is 23.2 Å². The molecule has 1 aromatic carbocycles. The first kappa shape index (κ1) is 34.2. The van der Waals surface area contributed by atoms with Crippen molar-refractivity contribution in [2.24, 2.45) is 5.11 Å². The summed E-state index contributed by atoms with van der Waals surface area (Å²) in [6.07, 6.45) is -0.286. The summed E-state index contributed by atoms with van der Waals surface area (Å²) in [6, 6.07) is -1.34. The highest BCUT2D eigenvalue weighted by atomic mass is 32.2. The number of fused-ring (bicyclic) bond motifs is 3. The summed E-state index contributed by atoms with van der Waals surface area (Å²) >= 11 is 0. The number of methoxy groups -OCH3 is 2. The number of hydrogen-bond acceptors (Lipinski definition) is 10. The first-order chi connectivity index (χ1) is 18.9. The highest BCUT2D eigenvalue weighted by Gasteiger charge is 2.67. The Morgan fingerprint density at radius 1 is 0.976 bits per heavy atom. The fourth-order valence-electron chi connectivity index (χ4n) is 4.90. The fourth-order valence-corrected chi connectivity index (χ4v) is 7.59. The largest absolute Gasteiger partial charge is 0.542 e. The van der Waals surface area contributed by atoms with E-state index in [0.29, 0.717) is 22.7 Å². The van der Waals surface area contributed by atoms with Crippen LogP contribution < -0.4 is 18.5 Å². The minimum Gasteiger partial charge on any atom is -0.542 e. The van der Waals surface area contributed by atoms with Crippen molar-refractivity contribution in [3.05, 3.63) is 21.6 Å². The Morgan fingerprint density at radius 3 is 1.88 bits per heavy atom. The second-order valence-corrected chi connectivity index (χ2v) is 25.1. The van der Waals surface area contributed by atoms with Crippen LogP contribution in [0.1, 0.15) is 57.5 Å². The maximum atomic E-state index is 14.8. The predicted octanol–water partition coefficient (Wildman–Crippen LogP) is 6.15. The van der Waals surface area contributed by atoms with Crippen molar-refractivity contribution in [3.8, 4) is 17.2 Å². The average molecular weight is 643 g/mol. The maximum Gasteiger partial charge on any atom is 0.264 e. The summed E-state index contributed by atoms with van der Waals surface area (Å²) < 4.78 is 55.5. The van der Waals surface area contributed by atoms with E-state index in [-0.39, 0.29) is 27.9 Å². The smallest absolute Gasteiger partial charge is 0.264 e. The van der Waals surface area contributed by atoms with Crippen LogP contribution in [0.3, 0.4) is 0 Å². The third kappa shape index (κ3) is 5.43. The van der Waals surface area contributed by atoms with E-state index >= 15 is 0 Å². The van der Waals surface area contributed by atoms with Crippen molar-refractivity contribution in [1.82, 2.24) is 0 Å². The predicted molar refractivity (Wildman–Crippen MR) is 167 cm³/mol. The molecule has 1 fully saturated rings. The van der Waals surface area contributed by atoms with Gasteiger partial charge >= 0.3 is 0 Å². The van der Waals surface area contributed by atoms with E-state index in [1.807, 2.05) is 6.92 Å². The molecule has 236 valence electrons. The van der Waals surface area contributed by atoms with Crippen molar-refractivity contribution in [2.45, 2.75) is 103 Å². The molecule has 42 heavy (non-hydrogen) atoms. The maximum absolute atomic E-state index is 14.8. The average Bonchev–Trinajstić information content (AvgIpc) is 3.23. The van der Waals surface area contributed by atoms with Gasteiger partial charge in [0, 0.05) is 24.1 Å². The second kappa shape index (κ2) is 10.7. The van der Waals surface area contributed by atoms with Crippen LogP contribution in [0.5, 0.6) is 17.2 Å². The van der Waals surface area contributed by atoms with Gasteiger partial charge in [-0.3, -0.25) is 8.98 Å². The lowest BCUT2D eigenvalue weighted by Gasteiger charge is -2.40. The highest BCUT2D eigenvalue weighted by molar-refractivity contribution is 7.86. The van der Waals surface area contributed by atoms with Crippen LogP contribution in [0.15, 0.2) is 5.11 Å². The minimum atomic E-state index is -3.99. The number of carbonyl (C=O) groups excluding carboxylic acids is 1. The molecule has 0 saturated carbocycles. The first-order valence-corrected chi connectivity index (χ1v) is 21.5. The van der Waals surface area contributed by atoms with E-state index < -0.39 is 50.4 Å². The minimum absolute atomic E-state index is 0.123. The number of Topliss-reactive ketones (excluding diaryl/α,β-unsaturated/α-hetero) is 1. The number of azide groups is 1. The van der Waals surface area contributed by atoms with Crippen molar-refractivity contribution < 1.29 is 35.7 Å². The molecule has 15 heteroatoms. The van der Waals surface area contributed by atoms with Crippen LogP contribution in [-0.4, -0.2) is 75.7 Å². The molecule has 1 aromatic rings. The number of nitrogens with zero attached hydrogens (tertiary/aromatic N) is 4. The quantitative estimate of drug-likeness (QED) is 0.102. The van der Waals surface area contributed by atoms with E-state index in [9.17, 15) is 18.7 Å². The van der Waals surface area contributed by atoms with Gasteiger partial charge in [0.1, 0.15) is 17.9 Å². The van der Waals surface area contributed by atoms with Crippen LogP contribution in [0.25, 0.3) is 10.4 Å². The zero-order valence-corrected chi connectivity index (χ0v) is 30.1. The number of anilines is 1. The third-order valence-corrected chi connectivity index (χ3v) is 18.5. The van der Waals surface area contributed by atoms with E-state index in [2.05, 4.69) is 77.8 Å². The molecule has 0 spiro atoms. The normalized spacial score (nSPS) is 22.9. The summed E-state index contributed by atoms with van der Waals surface area (Å²) in [5.74, 6) is 0.514. The number of hydrogen-bond donors (Lipinski definition) is 0. The monoisotopic (exact) mass is 642 g/mol. The SMILES string of the molecule is COc1c(C)c(O[Si](C)(C)C(C)(C)C)c2c(c1O[Si](C)(C)C(C)(C)C)C(=O)[C@]1(OC)[C@@H](N=[N+]=[N-])[C@H](OS(C)(=O)=O)CN21. The molecule has 2 aliphatic heterocycles. The van der Waals surface area contributed by atoms with Gasteiger partial charge in [0.05, 0.1) is 24.6 Å². The summed E-state index contributed by atoms with van der Waals surface area (Å²) in [6.45, 7) is 22.6. The molecule has 3 atom stereocenters. The highest BCUT2D eigenvalue weighted by Crippen LogP contribution is 2.60. The third-order valence-electron chi connectivity index (χ3n) is 9.22. The summed E-state index contributed by atoms with van der Waals surface area (Å²) in [5.41, 5.74) is 8.80. The Morgan fingerprint density at radius 2 is 1.48 bits per heavy atom. The van der Waals surface area contributed by atoms with Crippen LogP contribution in [0.2, 0.25) is 36.3 Å². The lowest BCUT2D eigenvalue weighted by Crippen LogP contribution is -2.55. The Bertz CT molecular complexity index is 1430. The van der Waals surface area contributed by atoms with Crippen molar-refractivity contribution >= 4 is 38.2 Å². The molecule has 12 nitrogen and oxygen atoms in total. The van der Waals surface area contributed by atoms with Gasteiger partial charge in [-0.15, -0.1) is 0 Å². The molecule has 0 aliphatic carbocycles. The zero-order valence-electron chi connectivity index (χ0n) is 27.3. The van der Waals surface area contributed by atoms with Gasteiger partial charge in [-0.2, -0.15) is 8.42 Å². The lowest BCUT2D eigenvalue weighted by molar-refractivity contribution is -0.00539. The Hall–Kier alpha value is -2.30. The van der Waals surface area contributed by atoms with Crippen LogP contribution in [-0.2, 0) is 19.0 Å². The van der Waals surface area contributed by atoms with Crippen LogP contribution in [0.4, 0.5) is 5.69 Å². The van der Waals surface area contributed by atoms with Crippen molar-refractivity contribution in [2.75, 3.05) is 31.9 Å². The lowest BCUT2D eigenvalue weighted by atomic mass is 9.95. The van der Waals surface area contributed by atoms with Gasteiger partial charge in [-0.25, -0.2) is 0 Å². The molecule has 0 unspecified atom stereocenters. The van der Waals surface area contributed by atoms with Gasteiger partial charge in [0.25, 0.3) is 26.8 Å². The van der Waals surface area contributed by atoms with Gasteiger partial charge in [-0.05, 0) is 48.7 Å². The molecule has 0 amide bonds. The molecule has 1 saturated heterocycles. The van der Waals surface area contributed by atoms with E-state index in [1.165, 1.54) is 14.2 Å². The summed E-state index contributed by atoms with van der Waals surface area (Å²) in [4.78, 5) is 19.3. The van der Waals surface area contributed by atoms with E-state index in [0.717, 1.165) is 6.26 Å². The Kier molecular flexibility index (Phi) is 8.71. The Balaban J connectivity index is 2.49. The molecular formula is C27H46N4O8SSi2. The zero-order chi connectivity index (χ0) is 32.4. The fraction of sp³-hybridized carbons (Fsp3) is 0.741. The van der Waals surface area contributed by atoms with Crippen molar-refractivity contribution in [3.63, 3.8) is 0 Å². The number of ketones is 1. The summed E-state index contributed by atoms with van der Waals surface area (Å²) in [5, 5.41) is 3.46. The standard InChI is InChI=1S/C27H46N4O8SSi2/c1-16-20(38-41(11,12)25(2,3)4)19-18(22(21(16)35-8)39-42(13,14)26(5,6)7)24(32)27(36-9)23(29-30-28)17(15-31(19)27)37-40(10,33)34/h17,23H,15H2,1-14H3/t17-,23+,27-/m1/s1. The topological polar surface area (TPSA) is 149 Å². The number of rotatable bonds is 9. The second-order valence-electron chi connectivity index (χ2n) is 14.1. The van der Waals surface area contributed by atoms with E-state index in [1.54, 1.807) is 4.90 Å². The van der Waals surface area contributed by atoms with Gasteiger partial charge in [-0.1, -0.05) is 46.7 Å². The number of carbonyl (C=O) groups is 1.